The van der Waals surface area contributed by atoms with Gasteiger partial charge in [0.25, 0.3) is 0 Å². The van der Waals surface area contributed by atoms with Gasteiger partial charge in [-0.1, -0.05) is 50.5 Å². The first-order valence-corrected chi connectivity index (χ1v) is 8.57. The molecule has 2 rings (SSSR count). The van der Waals surface area contributed by atoms with E-state index in [-0.39, 0.29) is 0 Å². The third-order valence-electron chi connectivity index (χ3n) is 4.44. The summed E-state index contributed by atoms with van der Waals surface area (Å²) in [7, 11) is 0. The summed E-state index contributed by atoms with van der Waals surface area (Å²) in [4.78, 5) is 3.09. The summed E-state index contributed by atoms with van der Waals surface area (Å²) in [5, 5.41) is 0. The van der Waals surface area contributed by atoms with Crippen LogP contribution in [-0.4, -0.2) is 17.6 Å². The second-order valence-corrected chi connectivity index (χ2v) is 7.14. The zero-order valence-electron chi connectivity index (χ0n) is 13.6. The van der Waals surface area contributed by atoms with Gasteiger partial charge in [-0.05, 0) is 44.2 Å². The molecule has 0 aromatic heterocycles. The summed E-state index contributed by atoms with van der Waals surface area (Å²) in [6.45, 7) is 7.77. The Morgan fingerprint density at radius 2 is 2.00 bits per heavy atom. The number of benzene rings is 1. The number of hydrogen-bond donors (Lipinski definition) is 1. The maximum atomic E-state index is 5.98. The van der Waals surface area contributed by atoms with Crippen LogP contribution in [0.25, 0.3) is 0 Å². The molecule has 1 aromatic carbocycles. The van der Waals surface area contributed by atoms with E-state index in [9.17, 15) is 0 Å². The van der Waals surface area contributed by atoms with E-state index in [1.807, 2.05) is 0 Å². The summed E-state index contributed by atoms with van der Waals surface area (Å²) < 4.78 is 0. The molecule has 1 aliphatic carbocycles. The molecular formula is C18H28N2S. The molecule has 1 saturated carbocycles. The van der Waals surface area contributed by atoms with E-state index in [1.165, 1.54) is 43.4 Å². The van der Waals surface area contributed by atoms with Crippen molar-refractivity contribution in [2.24, 2.45) is 11.7 Å². The lowest BCUT2D eigenvalue weighted by molar-refractivity contribution is 0.528. The molecule has 0 aliphatic heterocycles. The van der Waals surface area contributed by atoms with Crippen molar-refractivity contribution in [1.82, 2.24) is 0 Å². The Balaban J connectivity index is 2.32. The molecule has 0 heterocycles. The van der Waals surface area contributed by atoms with Crippen LogP contribution in [0.3, 0.4) is 0 Å². The lowest BCUT2D eigenvalue weighted by Crippen LogP contribution is -2.36. The van der Waals surface area contributed by atoms with Crippen LogP contribution in [0.15, 0.2) is 18.2 Å². The Kier molecular flexibility index (Phi) is 5.63. The molecule has 21 heavy (non-hydrogen) atoms. The Labute approximate surface area is 134 Å². The lowest BCUT2D eigenvalue weighted by atomic mass is 10.0. The van der Waals surface area contributed by atoms with Crippen LogP contribution in [0.2, 0.25) is 0 Å². The van der Waals surface area contributed by atoms with Crippen LogP contribution in [-0.2, 0) is 0 Å². The molecule has 0 amide bonds. The number of hydrogen-bond acceptors (Lipinski definition) is 2. The number of nitrogens with two attached hydrogens (primary N) is 1. The number of rotatable bonds is 6. The van der Waals surface area contributed by atoms with Crippen LogP contribution >= 0.6 is 12.2 Å². The summed E-state index contributed by atoms with van der Waals surface area (Å²) in [6.07, 6.45) is 6.49. The van der Waals surface area contributed by atoms with E-state index >= 15 is 0 Å². The fraction of sp³-hybridized carbons (Fsp3) is 0.611. The Hall–Kier alpha value is -1.09. The minimum absolute atomic E-state index is 0.515. The molecule has 2 N–H and O–H groups in total. The molecule has 116 valence electrons. The predicted octanol–water partition coefficient (Wildman–Crippen LogP) is 4.42. The third-order valence-corrected chi connectivity index (χ3v) is 4.66. The van der Waals surface area contributed by atoms with Gasteiger partial charge < -0.3 is 10.6 Å². The van der Waals surface area contributed by atoms with E-state index in [4.69, 9.17) is 18.0 Å². The first-order valence-electron chi connectivity index (χ1n) is 8.16. The second kappa shape index (κ2) is 7.26. The van der Waals surface area contributed by atoms with E-state index < -0.39 is 0 Å². The normalized spacial score (nSPS) is 15.6. The topological polar surface area (TPSA) is 29.3 Å². The molecule has 0 unspecified atom stereocenters. The van der Waals surface area contributed by atoms with Gasteiger partial charge in [0, 0.05) is 23.8 Å². The average Bonchev–Trinajstić information content (AvgIpc) is 2.93. The Morgan fingerprint density at radius 1 is 1.33 bits per heavy atom. The number of nitrogens with zero attached hydrogens (tertiary/aromatic N) is 1. The second-order valence-electron chi connectivity index (χ2n) is 6.70. The van der Waals surface area contributed by atoms with E-state index in [0.29, 0.717) is 16.9 Å². The van der Waals surface area contributed by atoms with Crippen LogP contribution in [0, 0.1) is 12.8 Å². The van der Waals surface area contributed by atoms with Crippen LogP contribution in [0.4, 0.5) is 5.69 Å². The summed E-state index contributed by atoms with van der Waals surface area (Å²) in [5.74, 6) is 0.715. The molecule has 3 heteroatoms. The maximum absolute atomic E-state index is 5.98. The van der Waals surface area contributed by atoms with Crippen molar-refractivity contribution < 1.29 is 0 Å². The van der Waals surface area contributed by atoms with Gasteiger partial charge >= 0.3 is 0 Å². The zero-order chi connectivity index (χ0) is 15.4. The quantitative estimate of drug-likeness (QED) is 0.789. The summed E-state index contributed by atoms with van der Waals surface area (Å²) >= 11 is 5.29. The Bertz CT molecular complexity index is 490. The van der Waals surface area contributed by atoms with Gasteiger partial charge in [-0.25, -0.2) is 0 Å². The number of thiocarbonyl (C=S) groups is 1. The van der Waals surface area contributed by atoms with Gasteiger partial charge in [-0.2, -0.15) is 0 Å². The van der Waals surface area contributed by atoms with Crippen molar-refractivity contribution in [2.45, 2.75) is 58.9 Å². The van der Waals surface area contributed by atoms with E-state index in [0.717, 1.165) is 12.1 Å². The van der Waals surface area contributed by atoms with Gasteiger partial charge in [0.2, 0.25) is 0 Å². The predicted molar refractivity (Wildman–Crippen MR) is 96.1 cm³/mol. The third kappa shape index (κ3) is 4.19. The fourth-order valence-electron chi connectivity index (χ4n) is 3.21. The van der Waals surface area contributed by atoms with Gasteiger partial charge in [0.05, 0.1) is 0 Å². The fourth-order valence-corrected chi connectivity index (χ4v) is 3.37. The van der Waals surface area contributed by atoms with Crippen LogP contribution in [0.5, 0.6) is 0 Å². The summed E-state index contributed by atoms with van der Waals surface area (Å²) in [5.41, 5.74) is 9.48. The Morgan fingerprint density at radius 3 is 2.57 bits per heavy atom. The first-order chi connectivity index (χ1) is 9.99. The molecule has 1 fully saturated rings. The number of aryl methyl sites for hydroxylation is 1. The summed E-state index contributed by atoms with van der Waals surface area (Å²) in [6, 6.07) is 7.17. The molecule has 0 saturated heterocycles. The molecule has 0 spiro atoms. The van der Waals surface area contributed by atoms with Gasteiger partial charge in [0.15, 0.2) is 0 Å². The van der Waals surface area contributed by atoms with Crippen LogP contribution in [0.1, 0.15) is 57.1 Å². The molecule has 2 nitrogen and oxygen atoms in total. The van der Waals surface area contributed by atoms with Gasteiger partial charge in [-0.15, -0.1) is 0 Å². The van der Waals surface area contributed by atoms with Crippen molar-refractivity contribution in [1.29, 1.82) is 0 Å². The van der Waals surface area contributed by atoms with Gasteiger partial charge in [0.1, 0.15) is 4.99 Å². The highest BCUT2D eigenvalue weighted by atomic mass is 32.1. The lowest BCUT2D eigenvalue weighted by Gasteiger charge is -2.33. The average molecular weight is 305 g/mol. The monoisotopic (exact) mass is 304 g/mol. The molecular weight excluding hydrogens is 276 g/mol. The highest BCUT2D eigenvalue weighted by Crippen LogP contribution is 2.31. The largest absolute Gasteiger partial charge is 0.389 e. The van der Waals surface area contributed by atoms with Gasteiger partial charge in [-0.3, -0.25) is 0 Å². The first kappa shape index (κ1) is 16.3. The zero-order valence-corrected chi connectivity index (χ0v) is 14.4. The van der Waals surface area contributed by atoms with Crippen molar-refractivity contribution in [3.05, 3.63) is 29.3 Å². The van der Waals surface area contributed by atoms with Crippen molar-refractivity contribution >= 4 is 22.9 Å². The molecule has 0 radical (unpaired) electrons. The van der Waals surface area contributed by atoms with Crippen molar-refractivity contribution in [3.63, 3.8) is 0 Å². The van der Waals surface area contributed by atoms with E-state index in [1.54, 1.807) is 0 Å². The van der Waals surface area contributed by atoms with E-state index in [2.05, 4.69) is 43.9 Å². The minimum atomic E-state index is 0.515. The minimum Gasteiger partial charge on any atom is -0.389 e. The highest BCUT2D eigenvalue weighted by molar-refractivity contribution is 7.80. The molecule has 0 atom stereocenters. The maximum Gasteiger partial charge on any atom is 0.106 e. The standard InChI is InChI=1S/C18H28N2S/c1-13(2)10-11-20(15-6-4-5-7-15)17-9-8-14(3)12-16(17)18(19)21/h8-9,12-13,15H,4-7,10-11H2,1-3H3,(H2,19,21). The molecule has 1 aromatic rings. The van der Waals surface area contributed by atoms with Crippen LogP contribution < -0.4 is 10.6 Å². The smallest absolute Gasteiger partial charge is 0.106 e. The van der Waals surface area contributed by atoms with Crippen molar-refractivity contribution in [2.75, 3.05) is 11.4 Å². The SMILES string of the molecule is Cc1ccc(N(CCC(C)C)C2CCCC2)c(C(N)=S)c1. The molecule has 1 aliphatic rings. The van der Waals surface area contributed by atoms with Crippen molar-refractivity contribution in [3.8, 4) is 0 Å². The highest BCUT2D eigenvalue weighted by Gasteiger charge is 2.25. The number of anilines is 1. The molecule has 0 bridgehead atoms.